The minimum atomic E-state index is -3.74. The van der Waals surface area contributed by atoms with Crippen molar-refractivity contribution < 1.29 is 27.1 Å². The second-order valence-corrected chi connectivity index (χ2v) is 7.34. The first-order valence-corrected chi connectivity index (χ1v) is 9.53. The maximum atomic E-state index is 12.8. The van der Waals surface area contributed by atoms with E-state index in [1.54, 1.807) is 12.1 Å². The van der Waals surface area contributed by atoms with Crippen molar-refractivity contribution in [2.24, 2.45) is 0 Å². The van der Waals surface area contributed by atoms with Gasteiger partial charge in [0, 0.05) is 18.7 Å². The Labute approximate surface area is 156 Å². The fraction of sp³-hybridized carbons (Fsp3) is 0.222. The van der Waals surface area contributed by atoms with Gasteiger partial charge >= 0.3 is 5.97 Å². The van der Waals surface area contributed by atoms with Crippen LogP contribution in [0.15, 0.2) is 53.4 Å². The number of ether oxygens (including phenoxy) is 1. The number of sulfonamides is 1. The quantitative estimate of drug-likeness (QED) is 0.528. The van der Waals surface area contributed by atoms with E-state index in [2.05, 4.69) is 14.8 Å². The summed E-state index contributed by atoms with van der Waals surface area (Å²) in [5.41, 5.74) is 0.880. The van der Waals surface area contributed by atoms with E-state index in [0.717, 1.165) is 12.1 Å². The summed E-state index contributed by atoms with van der Waals surface area (Å²) >= 11 is 0. The van der Waals surface area contributed by atoms with E-state index in [-0.39, 0.29) is 30.2 Å². The molecule has 0 aromatic heterocycles. The minimum absolute atomic E-state index is 0.0425. The molecule has 2 aromatic rings. The summed E-state index contributed by atoms with van der Waals surface area (Å²) in [5.74, 6) is -1.28. The Kier molecular flexibility index (Phi) is 7.03. The lowest BCUT2D eigenvalue weighted by Gasteiger charge is -2.08. The van der Waals surface area contributed by atoms with Crippen molar-refractivity contribution >= 4 is 27.6 Å². The fourth-order valence-corrected chi connectivity index (χ4v) is 3.26. The summed E-state index contributed by atoms with van der Waals surface area (Å²) in [5, 5.41) is 2.65. The van der Waals surface area contributed by atoms with Crippen molar-refractivity contribution in [3.05, 3.63) is 59.9 Å². The molecule has 0 heterocycles. The number of halogens is 1. The van der Waals surface area contributed by atoms with E-state index in [4.69, 9.17) is 0 Å². The van der Waals surface area contributed by atoms with Gasteiger partial charge in [-0.15, -0.1) is 0 Å². The summed E-state index contributed by atoms with van der Waals surface area (Å²) in [6.07, 6.45) is 0.386. The highest BCUT2D eigenvalue weighted by molar-refractivity contribution is 7.89. The van der Waals surface area contributed by atoms with Crippen molar-refractivity contribution in [2.45, 2.75) is 17.7 Å². The molecular formula is C18H19FN2O5S. The third-order valence-corrected chi connectivity index (χ3v) is 5.06. The first-order chi connectivity index (χ1) is 12.8. The van der Waals surface area contributed by atoms with Gasteiger partial charge in [0.05, 0.1) is 17.6 Å². The molecule has 1 amide bonds. The number of esters is 1. The van der Waals surface area contributed by atoms with E-state index in [1.807, 2.05) is 0 Å². The Bertz CT molecular complexity index is 896. The van der Waals surface area contributed by atoms with Gasteiger partial charge in [0.15, 0.2) is 0 Å². The number of hydrogen-bond donors (Lipinski definition) is 2. The largest absolute Gasteiger partial charge is 0.465 e. The highest BCUT2D eigenvalue weighted by Crippen LogP contribution is 2.12. The van der Waals surface area contributed by atoms with E-state index in [9.17, 15) is 22.4 Å². The Morgan fingerprint density at radius 1 is 1.04 bits per heavy atom. The summed E-state index contributed by atoms with van der Waals surface area (Å²) in [6, 6.07) is 10.7. The molecule has 0 unspecified atom stereocenters. The molecule has 0 radical (unpaired) electrons. The number of methoxy groups -OCH3 is 1. The van der Waals surface area contributed by atoms with Crippen molar-refractivity contribution in [3.63, 3.8) is 0 Å². The average molecular weight is 394 g/mol. The van der Waals surface area contributed by atoms with Crippen molar-refractivity contribution in [3.8, 4) is 0 Å². The third kappa shape index (κ3) is 6.15. The Morgan fingerprint density at radius 2 is 1.67 bits per heavy atom. The number of carbonyl (C=O) groups excluding carboxylic acids is 2. The predicted molar refractivity (Wildman–Crippen MR) is 97.2 cm³/mol. The summed E-state index contributed by atoms with van der Waals surface area (Å²) < 4.78 is 43.8. The maximum Gasteiger partial charge on any atom is 0.337 e. The first-order valence-electron chi connectivity index (χ1n) is 8.05. The van der Waals surface area contributed by atoms with Crippen LogP contribution in [-0.4, -0.2) is 33.9 Å². The van der Waals surface area contributed by atoms with Gasteiger partial charge in [0.2, 0.25) is 15.9 Å². The van der Waals surface area contributed by atoms with Gasteiger partial charge in [-0.05, 0) is 55.0 Å². The Hall–Kier alpha value is -2.78. The lowest BCUT2D eigenvalue weighted by atomic mass is 10.2. The molecule has 0 bridgehead atoms. The van der Waals surface area contributed by atoms with Crippen LogP contribution in [0.25, 0.3) is 0 Å². The summed E-state index contributed by atoms with van der Waals surface area (Å²) in [6.45, 7) is 0.0639. The lowest BCUT2D eigenvalue weighted by molar-refractivity contribution is -0.116. The van der Waals surface area contributed by atoms with Gasteiger partial charge in [-0.1, -0.05) is 0 Å². The number of rotatable bonds is 8. The Morgan fingerprint density at radius 3 is 2.26 bits per heavy atom. The van der Waals surface area contributed by atoms with Crippen LogP contribution < -0.4 is 10.0 Å². The topological polar surface area (TPSA) is 102 Å². The molecule has 2 aromatic carbocycles. The molecule has 0 atom stereocenters. The zero-order chi connectivity index (χ0) is 19.9. The maximum absolute atomic E-state index is 12.8. The number of anilines is 1. The highest BCUT2D eigenvalue weighted by atomic mass is 32.2. The van der Waals surface area contributed by atoms with Crippen LogP contribution in [0.1, 0.15) is 23.2 Å². The second kappa shape index (κ2) is 9.24. The van der Waals surface area contributed by atoms with E-state index in [1.165, 1.54) is 31.4 Å². The molecule has 0 aliphatic carbocycles. The second-order valence-electron chi connectivity index (χ2n) is 5.57. The summed E-state index contributed by atoms with van der Waals surface area (Å²) in [7, 11) is -2.46. The van der Waals surface area contributed by atoms with Crippen molar-refractivity contribution in [1.82, 2.24) is 4.72 Å². The van der Waals surface area contributed by atoms with E-state index < -0.39 is 21.8 Å². The molecule has 0 spiro atoms. The van der Waals surface area contributed by atoms with Crippen LogP contribution in [0.3, 0.4) is 0 Å². The van der Waals surface area contributed by atoms with Crippen molar-refractivity contribution in [2.75, 3.05) is 19.0 Å². The van der Waals surface area contributed by atoms with Gasteiger partial charge in [0.25, 0.3) is 0 Å². The molecule has 2 rings (SSSR count). The smallest absolute Gasteiger partial charge is 0.337 e. The molecule has 0 aliphatic heterocycles. The zero-order valence-corrected chi connectivity index (χ0v) is 15.4. The van der Waals surface area contributed by atoms with E-state index >= 15 is 0 Å². The van der Waals surface area contributed by atoms with Crippen LogP contribution in [0.5, 0.6) is 0 Å². The zero-order valence-electron chi connectivity index (χ0n) is 14.6. The molecule has 0 saturated carbocycles. The fourth-order valence-electron chi connectivity index (χ4n) is 2.18. The van der Waals surface area contributed by atoms with Crippen LogP contribution in [0.2, 0.25) is 0 Å². The lowest BCUT2D eigenvalue weighted by Crippen LogP contribution is -2.25. The molecular weight excluding hydrogens is 375 g/mol. The number of benzene rings is 2. The molecule has 27 heavy (non-hydrogen) atoms. The monoisotopic (exact) mass is 394 g/mol. The molecule has 7 nitrogen and oxygen atoms in total. The number of amides is 1. The summed E-state index contributed by atoms with van der Waals surface area (Å²) in [4.78, 5) is 23.2. The molecule has 144 valence electrons. The van der Waals surface area contributed by atoms with Gasteiger partial charge in [-0.3, -0.25) is 4.79 Å². The number of carbonyl (C=O) groups is 2. The van der Waals surface area contributed by atoms with E-state index in [0.29, 0.717) is 11.3 Å². The molecule has 0 saturated heterocycles. The predicted octanol–water partition coefficient (Wildman–Crippen LogP) is 2.31. The first kappa shape index (κ1) is 20.5. The minimum Gasteiger partial charge on any atom is -0.465 e. The van der Waals surface area contributed by atoms with Crippen LogP contribution >= 0.6 is 0 Å². The van der Waals surface area contributed by atoms with Gasteiger partial charge in [-0.25, -0.2) is 22.3 Å². The molecule has 0 aliphatic rings. The van der Waals surface area contributed by atoms with Gasteiger partial charge < -0.3 is 10.1 Å². The van der Waals surface area contributed by atoms with Crippen LogP contribution in [0.4, 0.5) is 10.1 Å². The van der Waals surface area contributed by atoms with Crippen LogP contribution in [0, 0.1) is 5.82 Å². The Balaban J connectivity index is 1.77. The third-order valence-electron chi connectivity index (χ3n) is 3.59. The highest BCUT2D eigenvalue weighted by Gasteiger charge is 2.13. The SMILES string of the molecule is COC(=O)c1ccc(NC(=O)CCCNS(=O)(=O)c2ccc(F)cc2)cc1. The molecule has 2 N–H and O–H groups in total. The molecule has 0 fully saturated rings. The molecule has 9 heteroatoms. The van der Waals surface area contributed by atoms with Gasteiger partial charge in [-0.2, -0.15) is 0 Å². The van der Waals surface area contributed by atoms with Crippen molar-refractivity contribution in [1.29, 1.82) is 0 Å². The van der Waals surface area contributed by atoms with Gasteiger partial charge in [0.1, 0.15) is 5.82 Å². The average Bonchev–Trinajstić information content (AvgIpc) is 2.65. The van der Waals surface area contributed by atoms with Crippen LogP contribution in [-0.2, 0) is 19.6 Å². The number of hydrogen-bond acceptors (Lipinski definition) is 5. The number of nitrogens with one attached hydrogen (secondary N) is 2. The normalized spacial score (nSPS) is 11.0. The standard InChI is InChI=1S/C18H19FN2O5S/c1-26-18(23)13-4-8-15(9-5-13)21-17(22)3-2-12-20-27(24,25)16-10-6-14(19)7-11-16/h4-11,20H,2-3,12H2,1H3,(H,21,22).